The van der Waals surface area contributed by atoms with Gasteiger partial charge in [0.2, 0.25) is 5.88 Å². The van der Waals surface area contributed by atoms with Gasteiger partial charge in [-0.1, -0.05) is 24.3 Å². The molecule has 134 valence electrons. The smallest absolute Gasteiger partial charge is 0.261 e. The average Bonchev–Trinajstić information content (AvgIpc) is 3.10. The van der Waals surface area contributed by atoms with E-state index in [-0.39, 0.29) is 18.1 Å². The molecule has 2 aromatic heterocycles. The van der Waals surface area contributed by atoms with Crippen molar-refractivity contribution in [1.29, 1.82) is 0 Å². The number of rotatable bonds is 4. The summed E-state index contributed by atoms with van der Waals surface area (Å²) < 4.78 is 7.12. The average molecular weight is 366 g/mol. The molecule has 1 aliphatic rings. The highest BCUT2D eigenvalue weighted by Gasteiger charge is 2.24. The Labute approximate surface area is 157 Å². The van der Waals surface area contributed by atoms with Gasteiger partial charge < -0.3 is 10.1 Å². The molecule has 0 atom stereocenters. The highest BCUT2D eigenvalue weighted by Crippen LogP contribution is 2.27. The molecule has 2 heterocycles. The molecule has 1 saturated carbocycles. The zero-order valence-electron chi connectivity index (χ0n) is 14.8. The lowest BCUT2D eigenvalue weighted by atomic mass is 9.93. The summed E-state index contributed by atoms with van der Waals surface area (Å²) in [7, 11) is 0. The van der Waals surface area contributed by atoms with Crippen LogP contribution >= 0.6 is 11.3 Å². The van der Waals surface area contributed by atoms with Crippen LogP contribution in [0.2, 0.25) is 0 Å². The number of thiophene rings is 1. The first-order chi connectivity index (χ1) is 12.7. The number of fused-ring (bicyclic) bond motifs is 1. The second kappa shape index (κ2) is 7.46. The third-order valence-electron chi connectivity index (χ3n) is 4.83. The minimum atomic E-state index is 0.0377. The Morgan fingerprint density at radius 2 is 1.96 bits per heavy atom. The van der Waals surface area contributed by atoms with Crippen LogP contribution in [0.4, 0.5) is 0 Å². The van der Waals surface area contributed by atoms with Crippen LogP contribution in [0.1, 0.15) is 40.9 Å². The number of amides is 1. The molecule has 26 heavy (non-hydrogen) atoms. The van der Waals surface area contributed by atoms with Crippen molar-refractivity contribution < 1.29 is 9.53 Å². The van der Waals surface area contributed by atoms with Crippen LogP contribution < -0.4 is 10.1 Å². The molecule has 0 aliphatic heterocycles. The minimum absolute atomic E-state index is 0.0377. The van der Waals surface area contributed by atoms with Crippen molar-refractivity contribution >= 4 is 27.3 Å². The molecule has 0 unspecified atom stereocenters. The summed E-state index contributed by atoms with van der Waals surface area (Å²) in [5, 5.41) is 4.32. The number of nitrogens with zero attached hydrogens (tertiary/aromatic N) is 1. The zero-order valence-corrected chi connectivity index (χ0v) is 15.6. The van der Waals surface area contributed by atoms with Gasteiger partial charge in [0.1, 0.15) is 6.10 Å². The maximum Gasteiger partial charge on any atom is 0.261 e. The van der Waals surface area contributed by atoms with E-state index in [0.717, 1.165) is 46.2 Å². The Morgan fingerprint density at radius 3 is 2.69 bits per heavy atom. The van der Waals surface area contributed by atoms with E-state index in [4.69, 9.17) is 4.74 Å². The van der Waals surface area contributed by atoms with Crippen molar-refractivity contribution in [3.63, 3.8) is 0 Å². The van der Waals surface area contributed by atoms with Crippen molar-refractivity contribution in [2.75, 3.05) is 0 Å². The van der Waals surface area contributed by atoms with E-state index in [9.17, 15) is 4.79 Å². The monoisotopic (exact) mass is 366 g/mol. The normalized spacial score (nSPS) is 20.0. The molecule has 0 bridgehead atoms. The Balaban J connectivity index is 1.30. The van der Waals surface area contributed by atoms with E-state index in [0.29, 0.717) is 5.88 Å². The fourth-order valence-corrected chi connectivity index (χ4v) is 4.34. The Morgan fingerprint density at radius 1 is 1.15 bits per heavy atom. The quantitative estimate of drug-likeness (QED) is 0.726. The van der Waals surface area contributed by atoms with E-state index < -0.39 is 0 Å². The first-order valence-electron chi connectivity index (χ1n) is 9.06. The zero-order chi connectivity index (χ0) is 17.9. The van der Waals surface area contributed by atoms with Crippen molar-refractivity contribution in [3.8, 4) is 5.88 Å². The van der Waals surface area contributed by atoms with Gasteiger partial charge in [-0.25, -0.2) is 4.98 Å². The number of pyridine rings is 1. The Bertz CT molecular complexity index is 863. The lowest BCUT2D eigenvalue weighted by Crippen LogP contribution is -2.39. The van der Waals surface area contributed by atoms with Crippen LogP contribution in [0.3, 0.4) is 0 Å². The lowest BCUT2D eigenvalue weighted by Gasteiger charge is -2.29. The minimum Gasteiger partial charge on any atom is -0.474 e. The second-order valence-electron chi connectivity index (χ2n) is 6.89. The Kier molecular flexibility index (Phi) is 4.89. The van der Waals surface area contributed by atoms with Gasteiger partial charge in [-0.2, -0.15) is 0 Å². The topological polar surface area (TPSA) is 51.2 Å². The third-order valence-corrected chi connectivity index (χ3v) is 5.95. The van der Waals surface area contributed by atoms with Gasteiger partial charge in [0, 0.05) is 23.0 Å². The van der Waals surface area contributed by atoms with Crippen LogP contribution in [0, 0.1) is 6.92 Å². The maximum absolute atomic E-state index is 12.5. The Hall–Kier alpha value is -2.40. The summed E-state index contributed by atoms with van der Waals surface area (Å²) in [5.74, 6) is 0.726. The van der Waals surface area contributed by atoms with Gasteiger partial charge in [0.15, 0.2) is 0 Å². The molecular weight excluding hydrogens is 344 g/mol. The van der Waals surface area contributed by atoms with Gasteiger partial charge in [-0.05, 0) is 55.7 Å². The fraction of sp³-hybridized carbons (Fsp3) is 0.333. The molecule has 1 aromatic carbocycles. The first kappa shape index (κ1) is 17.0. The summed E-state index contributed by atoms with van der Waals surface area (Å²) in [6, 6.07) is 14.2. The number of benzene rings is 1. The summed E-state index contributed by atoms with van der Waals surface area (Å²) >= 11 is 1.55. The second-order valence-corrected chi connectivity index (χ2v) is 7.97. The van der Waals surface area contributed by atoms with Crippen LogP contribution in [-0.2, 0) is 0 Å². The first-order valence-corrected chi connectivity index (χ1v) is 9.88. The number of hydrogen-bond donors (Lipinski definition) is 1. The summed E-state index contributed by atoms with van der Waals surface area (Å²) in [6.45, 7) is 2.02. The van der Waals surface area contributed by atoms with Crippen LogP contribution in [0.25, 0.3) is 10.1 Å². The van der Waals surface area contributed by atoms with Crippen LogP contribution in [0.5, 0.6) is 5.88 Å². The molecule has 0 saturated heterocycles. The number of aromatic nitrogens is 1. The molecule has 1 aliphatic carbocycles. The van der Waals surface area contributed by atoms with Crippen LogP contribution in [-0.4, -0.2) is 23.0 Å². The molecule has 5 heteroatoms. The van der Waals surface area contributed by atoms with Gasteiger partial charge in [0.25, 0.3) is 5.91 Å². The van der Waals surface area contributed by atoms with E-state index in [1.165, 1.54) is 0 Å². The molecule has 3 aromatic rings. The summed E-state index contributed by atoms with van der Waals surface area (Å²) in [5.41, 5.74) is 1.13. The number of aryl methyl sites for hydroxylation is 1. The third kappa shape index (κ3) is 3.88. The summed E-state index contributed by atoms with van der Waals surface area (Å²) in [4.78, 5) is 17.6. The standard InChI is InChI=1S/C21H22N2O2S/c1-14-6-11-20(22-13-14)25-17-9-7-16(8-10-17)23-21(24)19-12-15-4-2-3-5-18(15)26-19/h2-6,11-13,16-17H,7-10H2,1H3,(H,23,24). The molecular formula is C21H22N2O2S. The van der Waals surface area contributed by atoms with Crippen molar-refractivity contribution in [2.45, 2.75) is 44.8 Å². The van der Waals surface area contributed by atoms with Gasteiger partial charge >= 0.3 is 0 Å². The van der Waals surface area contributed by atoms with E-state index in [2.05, 4.69) is 16.4 Å². The predicted molar refractivity (Wildman–Crippen MR) is 105 cm³/mol. The number of ether oxygens (including phenoxy) is 1. The highest BCUT2D eigenvalue weighted by atomic mass is 32.1. The maximum atomic E-state index is 12.5. The molecule has 1 fully saturated rings. The van der Waals surface area contributed by atoms with Crippen molar-refractivity contribution in [3.05, 3.63) is 59.1 Å². The molecule has 1 amide bonds. The van der Waals surface area contributed by atoms with E-state index in [1.807, 2.05) is 49.5 Å². The van der Waals surface area contributed by atoms with Gasteiger partial charge in [0.05, 0.1) is 4.88 Å². The molecule has 0 radical (unpaired) electrons. The lowest BCUT2D eigenvalue weighted by molar-refractivity contribution is 0.0894. The van der Waals surface area contributed by atoms with E-state index in [1.54, 1.807) is 11.3 Å². The van der Waals surface area contributed by atoms with Gasteiger partial charge in [-0.15, -0.1) is 11.3 Å². The van der Waals surface area contributed by atoms with E-state index >= 15 is 0 Å². The molecule has 4 nitrogen and oxygen atoms in total. The molecule has 4 rings (SSSR count). The summed E-state index contributed by atoms with van der Waals surface area (Å²) in [6.07, 6.45) is 5.76. The SMILES string of the molecule is Cc1ccc(OC2CCC(NC(=O)c3cc4ccccc4s3)CC2)nc1. The van der Waals surface area contributed by atoms with Crippen molar-refractivity contribution in [1.82, 2.24) is 10.3 Å². The molecule has 1 N–H and O–H groups in total. The predicted octanol–water partition coefficient (Wildman–Crippen LogP) is 4.72. The number of nitrogens with one attached hydrogen (secondary N) is 1. The fourth-order valence-electron chi connectivity index (χ4n) is 3.37. The highest BCUT2D eigenvalue weighted by molar-refractivity contribution is 7.20. The largest absolute Gasteiger partial charge is 0.474 e. The van der Waals surface area contributed by atoms with Gasteiger partial charge in [-0.3, -0.25) is 4.79 Å². The molecule has 0 spiro atoms. The number of carbonyl (C=O) groups excluding carboxylic acids is 1. The van der Waals surface area contributed by atoms with Crippen molar-refractivity contribution in [2.24, 2.45) is 0 Å². The number of hydrogen-bond acceptors (Lipinski definition) is 4. The number of carbonyl (C=O) groups is 1. The van der Waals surface area contributed by atoms with Crippen LogP contribution in [0.15, 0.2) is 48.7 Å².